The number of amides is 1. The molecule has 132 valence electrons. The highest BCUT2D eigenvalue weighted by molar-refractivity contribution is 9.10. The molecule has 2 aromatic rings. The number of nitrogens with one attached hydrogen (secondary N) is 1. The Balaban J connectivity index is 1.83. The lowest BCUT2D eigenvalue weighted by atomic mass is 10.0. The van der Waals surface area contributed by atoms with Gasteiger partial charge in [0, 0.05) is 16.7 Å². The molecule has 1 N–H and O–H groups in total. The van der Waals surface area contributed by atoms with Gasteiger partial charge in [-0.1, -0.05) is 40.5 Å². The Hall–Kier alpha value is -1.70. The van der Waals surface area contributed by atoms with Gasteiger partial charge in [0.15, 0.2) is 0 Å². The lowest BCUT2D eigenvalue weighted by Gasteiger charge is -2.33. The summed E-state index contributed by atoms with van der Waals surface area (Å²) in [5.74, 6) is -0.290. The lowest BCUT2D eigenvalue weighted by molar-refractivity contribution is -0.120. The predicted octanol–water partition coefficient (Wildman–Crippen LogP) is 3.63. The zero-order chi connectivity index (χ0) is 17.9. The van der Waals surface area contributed by atoms with Gasteiger partial charge in [0.05, 0.1) is 4.90 Å². The molecule has 7 heteroatoms. The van der Waals surface area contributed by atoms with Gasteiger partial charge in [0.2, 0.25) is 15.9 Å². The molecule has 1 aliphatic rings. The van der Waals surface area contributed by atoms with Crippen molar-refractivity contribution in [2.24, 2.45) is 0 Å². The first-order chi connectivity index (χ1) is 12.0. The van der Waals surface area contributed by atoms with Gasteiger partial charge in [0.25, 0.3) is 0 Å². The van der Waals surface area contributed by atoms with Crippen molar-refractivity contribution in [1.29, 1.82) is 0 Å². The van der Waals surface area contributed by atoms with Crippen LogP contribution in [0.4, 0.5) is 5.69 Å². The fourth-order valence-corrected chi connectivity index (χ4v) is 4.88. The average molecular weight is 423 g/mol. The summed E-state index contributed by atoms with van der Waals surface area (Å²) in [6, 6.07) is 14.8. The van der Waals surface area contributed by atoms with E-state index in [1.807, 2.05) is 12.1 Å². The number of benzene rings is 2. The maximum absolute atomic E-state index is 12.9. The topological polar surface area (TPSA) is 66.5 Å². The number of piperidine rings is 1. The van der Waals surface area contributed by atoms with Crippen molar-refractivity contribution in [1.82, 2.24) is 4.31 Å². The second-order valence-corrected chi connectivity index (χ2v) is 8.74. The molecule has 0 saturated carbocycles. The monoisotopic (exact) mass is 422 g/mol. The first-order valence-corrected chi connectivity index (χ1v) is 10.3. The predicted molar refractivity (Wildman–Crippen MR) is 101 cm³/mol. The Bertz CT molecular complexity index is 838. The van der Waals surface area contributed by atoms with Gasteiger partial charge in [-0.15, -0.1) is 0 Å². The van der Waals surface area contributed by atoms with Crippen LogP contribution in [0.25, 0.3) is 0 Å². The minimum Gasteiger partial charge on any atom is -0.325 e. The zero-order valence-corrected chi connectivity index (χ0v) is 16.0. The molecule has 2 aromatic carbocycles. The van der Waals surface area contributed by atoms with E-state index in [4.69, 9.17) is 0 Å². The molecule has 0 bridgehead atoms. The van der Waals surface area contributed by atoms with Gasteiger partial charge in [-0.25, -0.2) is 8.42 Å². The molecule has 1 saturated heterocycles. The molecule has 0 radical (unpaired) electrons. The summed E-state index contributed by atoms with van der Waals surface area (Å²) < 4.78 is 28.1. The molecule has 1 amide bonds. The third-order valence-electron chi connectivity index (χ3n) is 4.22. The highest BCUT2D eigenvalue weighted by atomic mass is 79.9. The number of nitrogens with zero attached hydrogens (tertiary/aromatic N) is 1. The van der Waals surface area contributed by atoms with Crippen LogP contribution in [0.5, 0.6) is 0 Å². The summed E-state index contributed by atoms with van der Waals surface area (Å²) in [5.41, 5.74) is 0.649. The normalized spacial score (nSPS) is 18.7. The van der Waals surface area contributed by atoms with Crippen molar-refractivity contribution in [3.05, 3.63) is 59.1 Å². The molecule has 5 nitrogen and oxygen atoms in total. The highest BCUT2D eigenvalue weighted by Crippen LogP contribution is 2.26. The Morgan fingerprint density at radius 3 is 2.40 bits per heavy atom. The minimum absolute atomic E-state index is 0.221. The summed E-state index contributed by atoms with van der Waals surface area (Å²) in [6.07, 6.45) is 2.11. The number of sulfonamides is 1. The third kappa shape index (κ3) is 4.11. The number of carbonyl (C=O) groups excluding carboxylic acids is 1. The number of anilines is 1. The Morgan fingerprint density at radius 1 is 1.04 bits per heavy atom. The maximum Gasteiger partial charge on any atom is 0.243 e. The van der Waals surface area contributed by atoms with Crippen LogP contribution in [0.15, 0.2) is 64.0 Å². The van der Waals surface area contributed by atoms with Crippen molar-refractivity contribution in [3.63, 3.8) is 0 Å². The van der Waals surface area contributed by atoms with Crippen molar-refractivity contribution >= 4 is 37.5 Å². The molecule has 0 aromatic heterocycles. The Morgan fingerprint density at radius 2 is 1.72 bits per heavy atom. The second-order valence-electron chi connectivity index (χ2n) is 5.94. The van der Waals surface area contributed by atoms with Crippen LogP contribution in [0.2, 0.25) is 0 Å². The van der Waals surface area contributed by atoms with E-state index >= 15 is 0 Å². The van der Waals surface area contributed by atoms with Gasteiger partial charge in [0.1, 0.15) is 6.04 Å². The number of hydrogen-bond donors (Lipinski definition) is 1. The van der Waals surface area contributed by atoms with Crippen LogP contribution in [-0.2, 0) is 14.8 Å². The van der Waals surface area contributed by atoms with Crippen LogP contribution in [0, 0.1) is 0 Å². The molecule has 3 rings (SSSR count). The van der Waals surface area contributed by atoms with E-state index < -0.39 is 16.1 Å². The molecule has 0 aliphatic carbocycles. The molecule has 25 heavy (non-hydrogen) atoms. The standard InChI is InChI=1S/C18H19BrN2O3S/c19-14-9-11-15(12-10-14)20-18(22)17-8-4-5-13-21(17)25(23,24)16-6-2-1-3-7-16/h1-3,6-7,9-12,17H,4-5,8,13H2,(H,20,22). The number of hydrogen-bond acceptors (Lipinski definition) is 3. The SMILES string of the molecule is O=C(Nc1ccc(Br)cc1)C1CCCCN1S(=O)(=O)c1ccccc1. The van der Waals surface area contributed by atoms with Crippen LogP contribution >= 0.6 is 15.9 Å². The van der Waals surface area contributed by atoms with E-state index in [1.165, 1.54) is 4.31 Å². The Labute approximate surface area is 156 Å². The van der Waals surface area contributed by atoms with E-state index in [-0.39, 0.29) is 10.8 Å². The summed E-state index contributed by atoms with van der Waals surface area (Å²) >= 11 is 3.35. The number of rotatable bonds is 4. The van der Waals surface area contributed by atoms with Crippen molar-refractivity contribution < 1.29 is 13.2 Å². The minimum atomic E-state index is -3.69. The van der Waals surface area contributed by atoms with Crippen molar-refractivity contribution in [2.45, 2.75) is 30.2 Å². The highest BCUT2D eigenvalue weighted by Gasteiger charge is 2.37. The quantitative estimate of drug-likeness (QED) is 0.817. The fraction of sp³-hybridized carbons (Fsp3) is 0.278. The molecular weight excluding hydrogens is 404 g/mol. The van der Waals surface area contributed by atoms with E-state index in [1.54, 1.807) is 42.5 Å². The average Bonchev–Trinajstić information content (AvgIpc) is 2.64. The molecular formula is C18H19BrN2O3S. The number of carbonyl (C=O) groups is 1. The lowest BCUT2D eigenvalue weighted by Crippen LogP contribution is -2.49. The molecule has 1 fully saturated rings. The van der Waals surface area contributed by atoms with E-state index in [0.717, 1.165) is 17.3 Å². The third-order valence-corrected chi connectivity index (χ3v) is 6.67. The van der Waals surface area contributed by atoms with Gasteiger partial charge in [-0.05, 0) is 49.2 Å². The van der Waals surface area contributed by atoms with Crippen molar-refractivity contribution in [2.75, 3.05) is 11.9 Å². The van der Waals surface area contributed by atoms with Crippen LogP contribution in [0.1, 0.15) is 19.3 Å². The summed E-state index contributed by atoms with van der Waals surface area (Å²) in [5, 5.41) is 2.83. The molecule has 1 unspecified atom stereocenters. The van der Waals surface area contributed by atoms with Gasteiger partial charge >= 0.3 is 0 Å². The molecule has 1 heterocycles. The molecule has 1 aliphatic heterocycles. The first kappa shape index (κ1) is 18.1. The summed E-state index contributed by atoms with van der Waals surface area (Å²) in [4.78, 5) is 12.9. The molecule has 0 spiro atoms. The largest absolute Gasteiger partial charge is 0.325 e. The van der Waals surface area contributed by atoms with E-state index in [0.29, 0.717) is 18.7 Å². The van der Waals surface area contributed by atoms with Gasteiger partial charge < -0.3 is 5.32 Å². The van der Waals surface area contributed by atoms with Crippen molar-refractivity contribution in [3.8, 4) is 0 Å². The summed E-state index contributed by atoms with van der Waals surface area (Å²) in [6.45, 7) is 0.357. The second kappa shape index (κ2) is 7.68. The maximum atomic E-state index is 12.9. The van der Waals surface area contributed by atoms with Gasteiger partial charge in [-0.2, -0.15) is 4.31 Å². The summed E-state index contributed by atoms with van der Waals surface area (Å²) in [7, 11) is -3.69. The van der Waals surface area contributed by atoms with Gasteiger partial charge in [-0.3, -0.25) is 4.79 Å². The molecule has 1 atom stereocenters. The smallest absolute Gasteiger partial charge is 0.243 e. The van der Waals surface area contributed by atoms with E-state index in [9.17, 15) is 13.2 Å². The van der Waals surface area contributed by atoms with Crippen LogP contribution in [-0.4, -0.2) is 31.2 Å². The fourth-order valence-electron chi connectivity index (χ4n) is 2.94. The van der Waals surface area contributed by atoms with E-state index in [2.05, 4.69) is 21.2 Å². The van der Waals surface area contributed by atoms with Crippen LogP contribution < -0.4 is 5.32 Å². The van der Waals surface area contributed by atoms with Crippen LogP contribution in [0.3, 0.4) is 0 Å². The number of halogens is 1. The Kier molecular flexibility index (Phi) is 5.56. The zero-order valence-electron chi connectivity index (χ0n) is 13.6. The first-order valence-electron chi connectivity index (χ1n) is 8.12.